The van der Waals surface area contributed by atoms with Crippen LogP contribution in [0.3, 0.4) is 0 Å². The number of amides is 1. The lowest BCUT2D eigenvalue weighted by molar-refractivity contribution is -0.385. The predicted molar refractivity (Wildman–Crippen MR) is 74.7 cm³/mol. The highest BCUT2D eigenvalue weighted by Gasteiger charge is 2.09. The van der Waals surface area contributed by atoms with Crippen molar-refractivity contribution in [1.82, 2.24) is 5.32 Å². The van der Waals surface area contributed by atoms with E-state index in [1.807, 2.05) is 0 Å². The summed E-state index contributed by atoms with van der Waals surface area (Å²) in [6.07, 6.45) is 5.92. The van der Waals surface area contributed by atoms with Crippen LogP contribution in [0.15, 0.2) is 30.3 Å². The van der Waals surface area contributed by atoms with Gasteiger partial charge in [0, 0.05) is 18.7 Å². The molecule has 0 aromatic heterocycles. The molecule has 1 amide bonds. The van der Waals surface area contributed by atoms with Gasteiger partial charge in [-0.2, -0.15) is 0 Å². The van der Waals surface area contributed by atoms with Crippen molar-refractivity contribution in [2.75, 3.05) is 6.54 Å². The lowest BCUT2D eigenvalue weighted by atomic mass is 10.1. The molecule has 0 radical (unpaired) electrons. The van der Waals surface area contributed by atoms with Gasteiger partial charge in [0.15, 0.2) is 0 Å². The SMILES string of the molecule is CCCCCNC(=O)C=Cc1ccccc1[N+](=O)[O-]. The van der Waals surface area contributed by atoms with E-state index >= 15 is 0 Å². The van der Waals surface area contributed by atoms with Gasteiger partial charge >= 0.3 is 0 Å². The van der Waals surface area contributed by atoms with Crippen molar-refractivity contribution in [3.8, 4) is 0 Å². The number of rotatable bonds is 7. The van der Waals surface area contributed by atoms with Gasteiger partial charge in [-0.1, -0.05) is 31.9 Å². The van der Waals surface area contributed by atoms with E-state index in [2.05, 4.69) is 12.2 Å². The molecule has 1 N–H and O–H groups in total. The average Bonchev–Trinajstić information content (AvgIpc) is 2.41. The average molecular weight is 262 g/mol. The van der Waals surface area contributed by atoms with Crippen LogP contribution in [-0.4, -0.2) is 17.4 Å². The minimum absolute atomic E-state index is 0.00228. The minimum Gasteiger partial charge on any atom is -0.353 e. The fraction of sp³-hybridized carbons (Fsp3) is 0.357. The fourth-order valence-electron chi connectivity index (χ4n) is 1.61. The first-order valence-corrected chi connectivity index (χ1v) is 6.34. The van der Waals surface area contributed by atoms with Crippen LogP contribution in [0.25, 0.3) is 6.08 Å². The summed E-state index contributed by atoms with van der Waals surface area (Å²) < 4.78 is 0. The molecule has 102 valence electrons. The highest BCUT2D eigenvalue weighted by atomic mass is 16.6. The second kappa shape index (κ2) is 8.02. The Balaban J connectivity index is 2.56. The number of para-hydroxylation sites is 1. The van der Waals surface area contributed by atoms with Gasteiger partial charge in [-0.05, 0) is 18.6 Å². The number of benzene rings is 1. The molecule has 5 heteroatoms. The normalized spacial score (nSPS) is 10.6. The largest absolute Gasteiger partial charge is 0.353 e. The first-order valence-electron chi connectivity index (χ1n) is 6.34. The molecule has 5 nitrogen and oxygen atoms in total. The van der Waals surface area contributed by atoms with Crippen molar-refractivity contribution < 1.29 is 9.72 Å². The van der Waals surface area contributed by atoms with Crippen LogP contribution in [0.1, 0.15) is 31.7 Å². The summed E-state index contributed by atoms with van der Waals surface area (Å²) in [5.41, 5.74) is 0.425. The summed E-state index contributed by atoms with van der Waals surface area (Å²) in [5, 5.41) is 13.5. The quantitative estimate of drug-likeness (QED) is 0.355. The van der Waals surface area contributed by atoms with Crippen LogP contribution in [0.2, 0.25) is 0 Å². The first-order chi connectivity index (χ1) is 9.15. The molecule has 1 rings (SSSR count). The Hall–Kier alpha value is -2.17. The third-order valence-corrected chi connectivity index (χ3v) is 2.63. The van der Waals surface area contributed by atoms with Gasteiger partial charge in [-0.25, -0.2) is 0 Å². The monoisotopic (exact) mass is 262 g/mol. The van der Waals surface area contributed by atoms with Gasteiger partial charge in [0.05, 0.1) is 10.5 Å². The third-order valence-electron chi connectivity index (χ3n) is 2.63. The van der Waals surface area contributed by atoms with Crippen LogP contribution in [0.5, 0.6) is 0 Å². The number of carbonyl (C=O) groups is 1. The molecule has 0 saturated carbocycles. The van der Waals surface area contributed by atoms with Crippen molar-refractivity contribution >= 4 is 17.7 Å². The van der Waals surface area contributed by atoms with Crippen molar-refractivity contribution in [3.63, 3.8) is 0 Å². The number of nitro benzene ring substituents is 1. The van der Waals surface area contributed by atoms with E-state index in [0.29, 0.717) is 12.1 Å². The zero-order valence-corrected chi connectivity index (χ0v) is 11.0. The number of hydrogen-bond donors (Lipinski definition) is 1. The van der Waals surface area contributed by atoms with Crippen molar-refractivity contribution in [1.29, 1.82) is 0 Å². The lowest BCUT2D eigenvalue weighted by Gasteiger charge is -2.00. The van der Waals surface area contributed by atoms with E-state index in [0.717, 1.165) is 19.3 Å². The summed E-state index contributed by atoms with van der Waals surface area (Å²) >= 11 is 0. The molecular weight excluding hydrogens is 244 g/mol. The standard InChI is InChI=1S/C14H18N2O3/c1-2-3-6-11-15-14(17)10-9-12-7-4-5-8-13(12)16(18)19/h4-5,7-10H,2-3,6,11H2,1H3,(H,15,17). The number of nitrogens with one attached hydrogen (secondary N) is 1. The molecule has 1 aromatic rings. The molecular formula is C14H18N2O3. The van der Waals surface area contributed by atoms with Gasteiger partial charge in [0.1, 0.15) is 0 Å². The fourth-order valence-corrected chi connectivity index (χ4v) is 1.61. The minimum atomic E-state index is -0.459. The molecule has 0 heterocycles. The molecule has 0 spiro atoms. The Morgan fingerprint density at radius 2 is 2.11 bits per heavy atom. The first kappa shape index (κ1) is 14.9. The molecule has 0 fully saturated rings. The van der Waals surface area contributed by atoms with Crippen LogP contribution < -0.4 is 5.32 Å². The molecule has 0 atom stereocenters. The van der Waals surface area contributed by atoms with Crippen molar-refractivity contribution in [3.05, 3.63) is 46.0 Å². The molecule has 0 aliphatic carbocycles. The number of hydrogen-bond acceptors (Lipinski definition) is 3. The molecule has 0 unspecified atom stereocenters. The lowest BCUT2D eigenvalue weighted by Crippen LogP contribution is -2.21. The highest BCUT2D eigenvalue weighted by molar-refractivity contribution is 5.92. The number of nitrogens with zero attached hydrogens (tertiary/aromatic N) is 1. The molecule has 19 heavy (non-hydrogen) atoms. The summed E-state index contributed by atoms with van der Waals surface area (Å²) in [6.45, 7) is 2.73. The summed E-state index contributed by atoms with van der Waals surface area (Å²) in [5.74, 6) is -0.228. The Morgan fingerprint density at radius 1 is 1.37 bits per heavy atom. The Labute approximate surface area is 112 Å². The highest BCUT2D eigenvalue weighted by Crippen LogP contribution is 2.18. The Bertz CT molecular complexity index is 470. The topological polar surface area (TPSA) is 72.2 Å². The zero-order chi connectivity index (χ0) is 14.1. The Morgan fingerprint density at radius 3 is 2.79 bits per heavy atom. The zero-order valence-electron chi connectivity index (χ0n) is 11.0. The van der Waals surface area contributed by atoms with Crippen LogP contribution >= 0.6 is 0 Å². The maximum absolute atomic E-state index is 11.5. The maximum Gasteiger partial charge on any atom is 0.276 e. The van der Waals surface area contributed by atoms with Crippen LogP contribution in [-0.2, 0) is 4.79 Å². The van der Waals surface area contributed by atoms with Crippen molar-refractivity contribution in [2.24, 2.45) is 0 Å². The van der Waals surface area contributed by atoms with Crippen LogP contribution in [0.4, 0.5) is 5.69 Å². The van der Waals surface area contributed by atoms with Gasteiger partial charge in [-0.15, -0.1) is 0 Å². The predicted octanol–water partition coefficient (Wildman–Crippen LogP) is 2.91. The van der Waals surface area contributed by atoms with E-state index in [-0.39, 0.29) is 11.6 Å². The molecule has 1 aromatic carbocycles. The van der Waals surface area contributed by atoms with E-state index in [1.54, 1.807) is 18.2 Å². The second-order valence-electron chi connectivity index (χ2n) is 4.15. The third kappa shape index (κ3) is 5.33. The molecule has 0 aliphatic heterocycles. The van der Waals surface area contributed by atoms with E-state index in [4.69, 9.17) is 0 Å². The summed E-state index contributed by atoms with van der Waals surface area (Å²) in [7, 11) is 0. The molecule has 0 saturated heterocycles. The summed E-state index contributed by atoms with van der Waals surface area (Å²) in [6, 6.07) is 6.32. The van der Waals surface area contributed by atoms with Crippen LogP contribution in [0, 0.1) is 10.1 Å². The number of carbonyl (C=O) groups excluding carboxylic acids is 1. The second-order valence-corrected chi connectivity index (χ2v) is 4.15. The van der Waals surface area contributed by atoms with Gasteiger partial charge in [0.2, 0.25) is 5.91 Å². The Kier molecular flexibility index (Phi) is 6.29. The molecule has 0 aliphatic rings. The van der Waals surface area contributed by atoms with Crippen molar-refractivity contribution in [2.45, 2.75) is 26.2 Å². The van der Waals surface area contributed by atoms with Gasteiger partial charge in [-0.3, -0.25) is 14.9 Å². The van der Waals surface area contributed by atoms with E-state index in [1.165, 1.54) is 18.2 Å². The van der Waals surface area contributed by atoms with Gasteiger partial charge in [0.25, 0.3) is 5.69 Å². The van der Waals surface area contributed by atoms with Gasteiger partial charge < -0.3 is 5.32 Å². The molecule has 0 bridgehead atoms. The smallest absolute Gasteiger partial charge is 0.276 e. The van der Waals surface area contributed by atoms with E-state index < -0.39 is 4.92 Å². The van der Waals surface area contributed by atoms with E-state index in [9.17, 15) is 14.9 Å². The number of nitro groups is 1. The summed E-state index contributed by atoms with van der Waals surface area (Å²) in [4.78, 5) is 21.8. The number of unbranched alkanes of at least 4 members (excludes halogenated alkanes) is 2. The maximum atomic E-state index is 11.5.